The fourth-order valence-corrected chi connectivity index (χ4v) is 4.56. The Labute approximate surface area is 182 Å². The number of aromatic amines is 1. The second-order valence-electron chi connectivity index (χ2n) is 8.10. The van der Waals surface area contributed by atoms with Gasteiger partial charge in [0.1, 0.15) is 5.75 Å². The highest BCUT2D eigenvalue weighted by Gasteiger charge is 2.29. The van der Waals surface area contributed by atoms with E-state index in [0.29, 0.717) is 5.56 Å². The number of aromatic carboxylic acids is 1. The van der Waals surface area contributed by atoms with Gasteiger partial charge in [-0.1, -0.05) is 18.2 Å². The number of carbonyl (C=O) groups is 1. The average Bonchev–Trinajstić information content (AvgIpc) is 3.27. The molecule has 1 aliphatic heterocycles. The first-order valence-electron chi connectivity index (χ1n) is 10.6. The fourth-order valence-electron chi connectivity index (χ4n) is 4.56. The molecule has 0 radical (unpaired) electrons. The number of aromatic nitrogens is 1. The molecule has 2 heterocycles. The number of rotatable bonds is 7. The highest BCUT2D eigenvalue weighted by Crippen LogP contribution is 2.35. The van der Waals surface area contributed by atoms with E-state index in [0.717, 1.165) is 55.1 Å². The molecule has 2 aromatic carbocycles. The zero-order valence-electron chi connectivity index (χ0n) is 18.1. The predicted molar refractivity (Wildman–Crippen MR) is 123 cm³/mol. The third-order valence-electron chi connectivity index (χ3n) is 6.20. The van der Waals surface area contributed by atoms with E-state index in [1.54, 1.807) is 19.2 Å². The number of carboxylic acids is 1. The van der Waals surface area contributed by atoms with Crippen LogP contribution in [0.5, 0.6) is 5.75 Å². The van der Waals surface area contributed by atoms with Gasteiger partial charge in [-0.2, -0.15) is 0 Å². The van der Waals surface area contributed by atoms with Crippen LogP contribution >= 0.6 is 0 Å². The molecular weight excluding hydrogens is 390 g/mol. The quantitative estimate of drug-likeness (QED) is 0.561. The van der Waals surface area contributed by atoms with E-state index in [-0.39, 0.29) is 6.04 Å². The van der Waals surface area contributed by atoms with Crippen LogP contribution in [0.4, 0.5) is 0 Å². The fraction of sp³-hybridized carbons (Fsp3) is 0.320. The first-order valence-corrected chi connectivity index (χ1v) is 10.6. The van der Waals surface area contributed by atoms with Crippen molar-refractivity contribution in [1.29, 1.82) is 0 Å². The van der Waals surface area contributed by atoms with E-state index < -0.39 is 5.97 Å². The van der Waals surface area contributed by atoms with E-state index in [1.165, 1.54) is 10.9 Å². The maximum atomic E-state index is 11.3. The molecule has 0 saturated carbocycles. The third kappa shape index (κ3) is 4.22. The summed E-state index contributed by atoms with van der Waals surface area (Å²) in [7, 11) is 1.72. The molecule has 0 amide bonds. The largest absolute Gasteiger partial charge is 0.496 e. The van der Waals surface area contributed by atoms with E-state index in [4.69, 9.17) is 4.74 Å². The van der Waals surface area contributed by atoms with Gasteiger partial charge in [0.05, 0.1) is 12.7 Å². The Kier molecular flexibility index (Phi) is 6.11. The minimum atomic E-state index is -0.903. The van der Waals surface area contributed by atoms with Gasteiger partial charge in [0.25, 0.3) is 0 Å². The summed E-state index contributed by atoms with van der Waals surface area (Å²) in [6.07, 6.45) is 3.91. The van der Waals surface area contributed by atoms with Crippen LogP contribution in [0.2, 0.25) is 0 Å². The number of nitrogens with one attached hydrogen (secondary N) is 1. The third-order valence-corrected chi connectivity index (χ3v) is 6.20. The molecule has 0 spiro atoms. The van der Waals surface area contributed by atoms with Gasteiger partial charge >= 0.3 is 5.97 Å². The van der Waals surface area contributed by atoms with Crippen LogP contribution in [0.15, 0.2) is 55.3 Å². The molecule has 1 saturated heterocycles. The molecular formula is C25H29N3O3. The summed E-state index contributed by atoms with van der Waals surface area (Å²) < 4.78 is 5.76. The maximum absolute atomic E-state index is 11.3. The normalized spacial score (nSPS) is 17.7. The minimum absolute atomic E-state index is 0.150. The number of nitrogens with zero attached hydrogens (tertiary/aromatic N) is 2. The smallest absolute Gasteiger partial charge is 0.335 e. The Bertz CT molecular complexity index is 1090. The number of carboxylic acid groups (broad SMARTS) is 1. The SMILES string of the molecule is C=CCN1CCN(Cc2c(OC)cc(C)c3[nH]ccc23)C(c2ccc(C(=O)O)cc2)C1. The van der Waals surface area contributed by atoms with Crippen molar-refractivity contribution in [2.75, 3.05) is 33.3 Å². The van der Waals surface area contributed by atoms with Gasteiger partial charge in [0.15, 0.2) is 0 Å². The first kappa shape index (κ1) is 21.2. The minimum Gasteiger partial charge on any atom is -0.496 e. The van der Waals surface area contributed by atoms with E-state index in [2.05, 4.69) is 40.4 Å². The molecule has 1 fully saturated rings. The number of H-pyrrole nitrogens is 1. The lowest BCUT2D eigenvalue weighted by atomic mass is 9.98. The Balaban J connectivity index is 1.69. The lowest BCUT2D eigenvalue weighted by molar-refractivity contribution is 0.0695. The zero-order valence-corrected chi connectivity index (χ0v) is 18.1. The van der Waals surface area contributed by atoms with Crippen molar-refractivity contribution in [3.05, 3.63) is 77.5 Å². The zero-order chi connectivity index (χ0) is 22.0. The highest BCUT2D eigenvalue weighted by molar-refractivity contribution is 5.88. The van der Waals surface area contributed by atoms with Gasteiger partial charge in [-0.25, -0.2) is 4.79 Å². The molecule has 162 valence electrons. The van der Waals surface area contributed by atoms with Crippen molar-refractivity contribution >= 4 is 16.9 Å². The number of piperazine rings is 1. The summed E-state index contributed by atoms with van der Waals surface area (Å²) in [6, 6.07) is 11.6. The van der Waals surface area contributed by atoms with Crippen LogP contribution in [-0.4, -0.2) is 59.1 Å². The molecule has 31 heavy (non-hydrogen) atoms. The summed E-state index contributed by atoms with van der Waals surface area (Å²) in [6.45, 7) is 10.3. The Morgan fingerprint density at radius 3 is 2.74 bits per heavy atom. The monoisotopic (exact) mass is 419 g/mol. The summed E-state index contributed by atoms with van der Waals surface area (Å²) in [5, 5.41) is 10.4. The Morgan fingerprint density at radius 2 is 2.06 bits per heavy atom. The van der Waals surface area contributed by atoms with Gasteiger partial charge in [-0.05, 0) is 42.3 Å². The summed E-state index contributed by atoms with van der Waals surface area (Å²) in [4.78, 5) is 19.5. The maximum Gasteiger partial charge on any atom is 0.335 e. The molecule has 0 aliphatic carbocycles. The molecule has 1 atom stereocenters. The molecule has 6 heteroatoms. The van der Waals surface area contributed by atoms with Crippen LogP contribution in [0.3, 0.4) is 0 Å². The molecule has 6 nitrogen and oxygen atoms in total. The standard InChI is InChI=1S/C25H29N3O3/c1-4-11-27-12-13-28(22(16-27)18-5-7-19(8-6-18)25(29)30)15-21-20-9-10-26-24(20)17(2)14-23(21)31-3/h4-10,14,22,26H,1,11-13,15-16H2,2-3H3,(H,29,30). The predicted octanol–water partition coefficient (Wildman–Crippen LogP) is 4.23. The van der Waals surface area contributed by atoms with E-state index >= 15 is 0 Å². The number of benzene rings is 2. The van der Waals surface area contributed by atoms with Crippen LogP contribution in [0.25, 0.3) is 10.9 Å². The van der Waals surface area contributed by atoms with Crippen LogP contribution in [-0.2, 0) is 6.54 Å². The second-order valence-corrected chi connectivity index (χ2v) is 8.10. The molecule has 0 bridgehead atoms. The lowest BCUT2D eigenvalue weighted by Crippen LogP contribution is -2.48. The van der Waals surface area contributed by atoms with Crippen molar-refractivity contribution in [2.24, 2.45) is 0 Å². The molecule has 3 aromatic rings. The van der Waals surface area contributed by atoms with Crippen molar-refractivity contribution in [2.45, 2.75) is 19.5 Å². The summed E-state index contributed by atoms with van der Waals surface area (Å²) in [5.74, 6) is -0.00216. The summed E-state index contributed by atoms with van der Waals surface area (Å²) in [5.41, 5.74) is 4.91. The first-order chi connectivity index (χ1) is 15.0. The van der Waals surface area contributed by atoms with Gasteiger partial charge in [-0.3, -0.25) is 9.80 Å². The van der Waals surface area contributed by atoms with Crippen LogP contribution in [0.1, 0.15) is 33.1 Å². The summed E-state index contributed by atoms with van der Waals surface area (Å²) >= 11 is 0. The number of fused-ring (bicyclic) bond motifs is 1. The van der Waals surface area contributed by atoms with E-state index in [9.17, 15) is 9.90 Å². The number of aryl methyl sites for hydroxylation is 1. The van der Waals surface area contributed by atoms with Gasteiger partial charge < -0.3 is 14.8 Å². The Morgan fingerprint density at radius 1 is 1.29 bits per heavy atom. The number of hydrogen-bond donors (Lipinski definition) is 2. The van der Waals surface area contributed by atoms with Crippen LogP contribution < -0.4 is 4.74 Å². The molecule has 1 aliphatic rings. The average molecular weight is 420 g/mol. The molecule has 1 aromatic heterocycles. The molecule has 2 N–H and O–H groups in total. The number of methoxy groups -OCH3 is 1. The van der Waals surface area contributed by atoms with Gasteiger partial charge in [0.2, 0.25) is 0 Å². The molecule has 1 unspecified atom stereocenters. The van der Waals surface area contributed by atoms with Crippen molar-refractivity contribution in [3.8, 4) is 5.75 Å². The highest BCUT2D eigenvalue weighted by atomic mass is 16.5. The van der Waals surface area contributed by atoms with Gasteiger partial charge in [0, 0.05) is 61.4 Å². The molecule has 4 rings (SSSR count). The van der Waals surface area contributed by atoms with Crippen molar-refractivity contribution in [3.63, 3.8) is 0 Å². The van der Waals surface area contributed by atoms with E-state index in [1.807, 2.05) is 24.4 Å². The lowest BCUT2D eigenvalue weighted by Gasteiger charge is -2.41. The van der Waals surface area contributed by atoms with Crippen molar-refractivity contribution < 1.29 is 14.6 Å². The number of hydrogen-bond acceptors (Lipinski definition) is 4. The van der Waals surface area contributed by atoms with Crippen molar-refractivity contribution in [1.82, 2.24) is 14.8 Å². The topological polar surface area (TPSA) is 68.8 Å². The van der Waals surface area contributed by atoms with Crippen LogP contribution in [0, 0.1) is 6.92 Å². The second kappa shape index (κ2) is 8.96. The Hall–Kier alpha value is -3.09. The van der Waals surface area contributed by atoms with Gasteiger partial charge in [-0.15, -0.1) is 6.58 Å². The number of ether oxygens (including phenoxy) is 1.